The zero-order valence-electron chi connectivity index (χ0n) is 9.73. The Labute approximate surface area is 109 Å². The molecule has 1 aromatic carbocycles. The van der Waals surface area contributed by atoms with Crippen molar-refractivity contribution >= 4 is 17.5 Å². The van der Waals surface area contributed by atoms with E-state index in [2.05, 4.69) is 39.3 Å². The number of benzene rings is 1. The minimum Gasteiger partial charge on any atom is -0.220 e. The zero-order chi connectivity index (χ0) is 12.2. The van der Waals surface area contributed by atoms with Crippen LogP contribution in [-0.4, -0.2) is 25.3 Å². The Kier molecular flexibility index (Phi) is 3.23. The first-order valence-corrected chi connectivity index (χ1v) is 6.74. The number of aryl methyl sites for hydroxylation is 1. The summed E-state index contributed by atoms with van der Waals surface area (Å²) in [6, 6.07) is 12.3. The van der Waals surface area contributed by atoms with Gasteiger partial charge < -0.3 is 0 Å². The number of hydrogen-bond donors (Lipinski definition) is 0. The fraction of sp³-hybridized carbons (Fsp3) is 0.154. The molecule has 0 aliphatic heterocycles. The van der Waals surface area contributed by atoms with Gasteiger partial charge in [-0.15, -0.1) is 5.10 Å². The first kappa shape index (κ1) is 11.2. The summed E-state index contributed by atoms with van der Waals surface area (Å²) in [7, 11) is 0. The number of rotatable bonds is 4. The third-order valence-electron chi connectivity index (χ3n) is 2.56. The van der Waals surface area contributed by atoms with Gasteiger partial charge in [0, 0.05) is 18.1 Å². The molecule has 0 saturated carbocycles. The molecular formula is C13H12N4S. The molecule has 0 atom stereocenters. The maximum absolute atomic E-state index is 4.35. The van der Waals surface area contributed by atoms with Crippen molar-refractivity contribution in [1.29, 1.82) is 0 Å². The van der Waals surface area contributed by atoms with Gasteiger partial charge in [0.15, 0.2) is 0 Å². The van der Waals surface area contributed by atoms with Gasteiger partial charge in [-0.2, -0.15) is 4.98 Å². The standard InChI is InChI=1S/C13H12N4S/c1-2-5-11(6-3-1)7-10-18-13-15-12-14-8-4-9-17(12)16-13/h1-6,8-9H,7,10H2. The van der Waals surface area contributed by atoms with Crippen molar-refractivity contribution in [1.82, 2.24) is 19.6 Å². The lowest BCUT2D eigenvalue weighted by atomic mass is 10.2. The third-order valence-corrected chi connectivity index (χ3v) is 3.40. The van der Waals surface area contributed by atoms with E-state index in [4.69, 9.17) is 0 Å². The summed E-state index contributed by atoms with van der Waals surface area (Å²) in [5, 5.41) is 5.13. The quantitative estimate of drug-likeness (QED) is 0.673. The predicted octanol–water partition coefficient (Wildman–Crippen LogP) is 2.46. The number of aromatic nitrogens is 4. The summed E-state index contributed by atoms with van der Waals surface area (Å²) in [6.45, 7) is 0. The van der Waals surface area contributed by atoms with Crippen molar-refractivity contribution in [3.05, 3.63) is 54.4 Å². The van der Waals surface area contributed by atoms with Gasteiger partial charge >= 0.3 is 0 Å². The second-order valence-corrected chi connectivity index (χ2v) is 4.90. The Bertz CT molecular complexity index is 603. The van der Waals surface area contributed by atoms with E-state index in [1.807, 2.05) is 18.3 Å². The fourth-order valence-electron chi connectivity index (χ4n) is 1.68. The Balaban J connectivity index is 1.63. The molecule has 0 unspecified atom stereocenters. The van der Waals surface area contributed by atoms with Crippen LogP contribution in [0.25, 0.3) is 5.78 Å². The summed E-state index contributed by atoms with van der Waals surface area (Å²) < 4.78 is 1.70. The first-order chi connectivity index (χ1) is 8.92. The van der Waals surface area contributed by atoms with E-state index < -0.39 is 0 Å². The third kappa shape index (κ3) is 2.51. The summed E-state index contributed by atoms with van der Waals surface area (Å²) in [6.07, 6.45) is 4.60. The van der Waals surface area contributed by atoms with Gasteiger partial charge in [-0.25, -0.2) is 9.50 Å². The van der Waals surface area contributed by atoms with E-state index in [-0.39, 0.29) is 0 Å². The number of thioether (sulfide) groups is 1. The smallest absolute Gasteiger partial charge is 0.220 e. The predicted molar refractivity (Wildman–Crippen MR) is 71.7 cm³/mol. The van der Waals surface area contributed by atoms with Crippen LogP contribution >= 0.6 is 11.8 Å². The SMILES string of the molecule is c1ccc(CCSc2nc3ncccn3n2)cc1. The minimum absolute atomic E-state index is 0.653. The molecule has 18 heavy (non-hydrogen) atoms. The normalized spacial score (nSPS) is 10.9. The molecule has 0 spiro atoms. The second-order valence-electron chi connectivity index (χ2n) is 3.84. The van der Waals surface area contributed by atoms with Crippen molar-refractivity contribution in [3.63, 3.8) is 0 Å². The molecule has 5 heteroatoms. The summed E-state index contributed by atoms with van der Waals surface area (Å²) in [5.41, 5.74) is 1.34. The number of hydrogen-bond acceptors (Lipinski definition) is 4. The maximum Gasteiger partial charge on any atom is 0.253 e. The van der Waals surface area contributed by atoms with Crippen LogP contribution < -0.4 is 0 Å². The Morgan fingerprint density at radius 2 is 2.00 bits per heavy atom. The average Bonchev–Trinajstić information content (AvgIpc) is 2.82. The fourth-order valence-corrected chi connectivity index (χ4v) is 2.49. The minimum atomic E-state index is 0.653. The molecule has 0 saturated heterocycles. The maximum atomic E-state index is 4.35. The summed E-state index contributed by atoms with van der Waals surface area (Å²) in [5.74, 6) is 1.63. The molecule has 4 nitrogen and oxygen atoms in total. The van der Waals surface area contributed by atoms with E-state index >= 15 is 0 Å². The summed E-state index contributed by atoms with van der Waals surface area (Å²) in [4.78, 5) is 8.49. The molecule has 2 heterocycles. The van der Waals surface area contributed by atoms with Crippen LogP contribution in [0.15, 0.2) is 53.9 Å². The summed E-state index contributed by atoms with van der Waals surface area (Å²) >= 11 is 1.66. The van der Waals surface area contributed by atoms with Gasteiger partial charge in [0.05, 0.1) is 0 Å². The molecule has 0 N–H and O–H groups in total. The Morgan fingerprint density at radius 3 is 2.83 bits per heavy atom. The molecule has 0 fully saturated rings. The van der Waals surface area contributed by atoms with Gasteiger partial charge in [0.1, 0.15) is 0 Å². The van der Waals surface area contributed by atoms with Crippen LogP contribution in [0.1, 0.15) is 5.56 Å². The monoisotopic (exact) mass is 256 g/mol. The molecule has 3 aromatic rings. The molecule has 0 amide bonds. The van der Waals surface area contributed by atoms with Crippen LogP contribution in [0.3, 0.4) is 0 Å². The molecule has 2 aromatic heterocycles. The highest BCUT2D eigenvalue weighted by molar-refractivity contribution is 7.99. The molecule has 3 rings (SSSR count). The second kappa shape index (κ2) is 5.18. The van der Waals surface area contributed by atoms with E-state index in [9.17, 15) is 0 Å². The lowest BCUT2D eigenvalue weighted by molar-refractivity contribution is 0.878. The molecule has 0 aliphatic rings. The molecule has 0 radical (unpaired) electrons. The zero-order valence-corrected chi connectivity index (χ0v) is 10.5. The average molecular weight is 256 g/mol. The van der Waals surface area contributed by atoms with Crippen LogP contribution in [0.4, 0.5) is 0 Å². The van der Waals surface area contributed by atoms with Crippen molar-refractivity contribution in [2.24, 2.45) is 0 Å². The highest BCUT2D eigenvalue weighted by atomic mass is 32.2. The molecule has 90 valence electrons. The van der Waals surface area contributed by atoms with E-state index in [1.54, 1.807) is 22.5 Å². The Hall–Kier alpha value is -1.88. The first-order valence-electron chi connectivity index (χ1n) is 5.76. The van der Waals surface area contributed by atoms with Crippen molar-refractivity contribution in [3.8, 4) is 0 Å². The van der Waals surface area contributed by atoms with E-state index in [1.165, 1.54) is 5.56 Å². The van der Waals surface area contributed by atoms with Crippen LogP contribution in [0.5, 0.6) is 0 Å². The largest absolute Gasteiger partial charge is 0.253 e. The van der Waals surface area contributed by atoms with Crippen molar-refractivity contribution < 1.29 is 0 Å². The Morgan fingerprint density at radius 1 is 1.11 bits per heavy atom. The topological polar surface area (TPSA) is 43.1 Å². The molecule has 0 aliphatic carbocycles. The number of fused-ring (bicyclic) bond motifs is 1. The highest BCUT2D eigenvalue weighted by Gasteiger charge is 2.04. The van der Waals surface area contributed by atoms with Crippen LogP contribution in [0.2, 0.25) is 0 Å². The van der Waals surface area contributed by atoms with Gasteiger partial charge in [-0.1, -0.05) is 42.1 Å². The van der Waals surface area contributed by atoms with Gasteiger partial charge in [-0.05, 0) is 18.1 Å². The van der Waals surface area contributed by atoms with Crippen molar-refractivity contribution in [2.45, 2.75) is 11.6 Å². The lowest BCUT2D eigenvalue weighted by Gasteiger charge is -1.98. The van der Waals surface area contributed by atoms with E-state index in [0.717, 1.165) is 17.3 Å². The molecular weight excluding hydrogens is 244 g/mol. The molecule has 0 bridgehead atoms. The van der Waals surface area contributed by atoms with Gasteiger partial charge in [-0.3, -0.25) is 0 Å². The number of nitrogens with zero attached hydrogens (tertiary/aromatic N) is 4. The van der Waals surface area contributed by atoms with Crippen LogP contribution in [-0.2, 0) is 6.42 Å². The highest BCUT2D eigenvalue weighted by Crippen LogP contribution is 2.15. The lowest BCUT2D eigenvalue weighted by Crippen LogP contribution is -1.89. The van der Waals surface area contributed by atoms with E-state index in [0.29, 0.717) is 5.78 Å². The van der Waals surface area contributed by atoms with Gasteiger partial charge in [0.2, 0.25) is 5.16 Å². The van der Waals surface area contributed by atoms with Crippen molar-refractivity contribution in [2.75, 3.05) is 5.75 Å². The van der Waals surface area contributed by atoms with Crippen LogP contribution in [0, 0.1) is 0 Å². The van der Waals surface area contributed by atoms with Gasteiger partial charge in [0.25, 0.3) is 5.78 Å².